The van der Waals surface area contributed by atoms with Crippen LogP contribution in [0.3, 0.4) is 0 Å². The number of rotatable bonds is 6. The van der Waals surface area contributed by atoms with Crippen LogP contribution in [0.1, 0.15) is 17.5 Å². The molecule has 1 rings (SSSR count). The molecule has 2 N–H and O–H groups in total. The summed E-state index contributed by atoms with van der Waals surface area (Å²) >= 11 is 0. The summed E-state index contributed by atoms with van der Waals surface area (Å²) in [4.78, 5) is 3.88. The van der Waals surface area contributed by atoms with Gasteiger partial charge in [-0.25, -0.2) is 0 Å². The van der Waals surface area contributed by atoms with Gasteiger partial charge in [-0.2, -0.15) is 13.2 Å². The van der Waals surface area contributed by atoms with Crippen LogP contribution < -0.4 is 10.6 Å². The summed E-state index contributed by atoms with van der Waals surface area (Å²) in [5, 5.41) is 5.60. The van der Waals surface area contributed by atoms with Gasteiger partial charge in [-0.3, -0.25) is 4.99 Å². The highest BCUT2D eigenvalue weighted by Gasteiger charge is 2.26. The maximum atomic E-state index is 12.1. The monoisotopic (exact) mass is 431 g/mol. The van der Waals surface area contributed by atoms with Crippen molar-refractivity contribution in [3.63, 3.8) is 0 Å². The highest BCUT2D eigenvalue weighted by Crippen LogP contribution is 2.18. The normalized spacial score (nSPS) is 11.8. The third-order valence-corrected chi connectivity index (χ3v) is 2.69. The van der Waals surface area contributed by atoms with E-state index in [1.165, 1.54) is 7.05 Å². The second-order valence-corrected chi connectivity index (χ2v) is 4.47. The maximum Gasteiger partial charge on any atom is 0.390 e. The van der Waals surface area contributed by atoms with Crippen LogP contribution >= 0.6 is 24.0 Å². The molecule has 0 aliphatic carbocycles. The summed E-state index contributed by atoms with van der Waals surface area (Å²) < 4.78 is 41.2. The molecule has 1 aromatic carbocycles. The number of nitrogens with one attached hydrogen (secondary N) is 2. The molecule has 0 bridgehead atoms. The summed E-state index contributed by atoms with van der Waals surface area (Å²) in [6, 6.07) is 7.75. The number of ether oxygens (including phenoxy) is 1. The Balaban J connectivity index is 0.00000441. The van der Waals surface area contributed by atoms with Crippen molar-refractivity contribution in [1.29, 1.82) is 0 Å². The smallest absolute Gasteiger partial charge is 0.380 e. The zero-order valence-electron chi connectivity index (χ0n) is 12.5. The number of hydrogen-bond acceptors (Lipinski definition) is 2. The van der Waals surface area contributed by atoms with Gasteiger partial charge in [0.1, 0.15) is 0 Å². The van der Waals surface area contributed by atoms with Crippen LogP contribution in [0.2, 0.25) is 0 Å². The van der Waals surface area contributed by atoms with Gasteiger partial charge in [0.05, 0.1) is 13.0 Å². The number of nitrogens with zero attached hydrogens (tertiary/aromatic N) is 1. The molecule has 8 heteroatoms. The van der Waals surface area contributed by atoms with E-state index in [4.69, 9.17) is 4.74 Å². The lowest BCUT2D eigenvalue weighted by Gasteiger charge is -2.13. The second kappa shape index (κ2) is 10.7. The van der Waals surface area contributed by atoms with Gasteiger partial charge in [0.25, 0.3) is 0 Å². The lowest BCUT2D eigenvalue weighted by atomic mass is 10.1. The fraction of sp³-hybridized carbons (Fsp3) is 0.500. The molecular formula is C14H21F3IN3O. The SMILES string of the molecule is CN=C(NCCC(F)(F)F)NCc1cccc(COC)c1.I. The van der Waals surface area contributed by atoms with Crippen molar-refractivity contribution >= 4 is 29.9 Å². The summed E-state index contributed by atoms with van der Waals surface area (Å²) in [7, 11) is 3.14. The van der Waals surface area contributed by atoms with E-state index in [0.29, 0.717) is 19.1 Å². The standard InChI is InChI=1S/C14H20F3N3O.HI/c1-18-13(19-7-6-14(15,16)17)20-9-11-4-3-5-12(8-11)10-21-2;/h3-5,8H,6-7,9-10H2,1-2H3,(H2,18,19,20);1H. The average molecular weight is 431 g/mol. The van der Waals surface area contributed by atoms with Crippen LogP contribution in [0.15, 0.2) is 29.3 Å². The van der Waals surface area contributed by atoms with Crippen LogP contribution in [0.5, 0.6) is 0 Å². The van der Waals surface area contributed by atoms with Crippen LogP contribution in [0, 0.1) is 0 Å². The molecular weight excluding hydrogens is 410 g/mol. The number of halogens is 4. The third kappa shape index (κ3) is 9.08. The Morgan fingerprint density at radius 2 is 1.91 bits per heavy atom. The first kappa shape index (κ1) is 21.0. The molecule has 0 saturated carbocycles. The number of hydrogen-bond donors (Lipinski definition) is 2. The lowest BCUT2D eigenvalue weighted by Crippen LogP contribution is -2.38. The predicted molar refractivity (Wildman–Crippen MR) is 91.4 cm³/mol. The van der Waals surface area contributed by atoms with Crippen molar-refractivity contribution < 1.29 is 17.9 Å². The minimum atomic E-state index is -4.17. The van der Waals surface area contributed by atoms with Crippen LogP contribution in [-0.4, -0.2) is 32.8 Å². The van der Waals surface area contributed by atoms with E-state index in [1.807, 2.05) is 24.3 Å². The van der Waals surface area contributed by atoms with Crippen molar-refractivity contribution in [2.75, 3.05) is 20.7 Å². The quantitative estimate of drug-likeness (QED) is 0.414. The van der Waals surface area contributed by atoms with Gasteiger partial charge in [-0.1, -0.05) is 24.3 Å². The van der Waals surface area contributed by atoms with Crippen LogP contribution in [0.4, 0.5) is 13.2 Å². The molecule has 126 valence electrons. The van der Waals surface area contributed by atoms with E-state index >= 15 is 0 Å². The van der Waals surface area contributed by atoms with Gasteiger partial charge in [-0.15, -0.1) is 24.0 Å². The fourth-order valence-corrected chi connectivity index (χ4v) is 1.73. The summed E-state index contributed by atoms with van der Waals surface area (Å²) in [6.07, 6.45) is -5.06. The Morgan fingerprint density at radius 1 is 1.23 bits per heavy atom. The molecule has 0 atom stereocenters. The highest BCUT2D eigenvalue weighted by molar-refractivity contribution is 14.0. The van der Waals surface area contributed by atoms with Crippen LogP contribution in [0.25, 0.3) is 0 Å². The molecule has 0 radical (unpaired) electrons. The molecule has 0 aromatic heterocycles. The largest absolute Gasteiger partial charge is 0.390 e. The summed E-state index contributed by atoms with van der Waals surface area (Å²) in [6.45, 7) is 0.794. The number of methoxy groups -OCH3 is 1. The van der Waals surface area contributed by atoms with Crippen molar-refractivity contribution in [3.8, 4) is 0 Å². The molecule has 4 nitrogen and oxygen atoms in total. The van der Waals surface area contributed by atoms with Crippen molar-refractivity contribution in [2.24, 2.45) is 4.99 Å². The van der Waals surface area contributed by atoms with Crippen molar-refractivity contribution in [1.82, 2.24) is 10.6 Å². The van der Waals surface area contributed by atoms with Gasteiger partial charge in [0, 0.05) is 27.2 Å². The molecule has 0 heterocycles. The number of benzene rings is 1. The van der Waals surface area contributed by atoms with Crippen molar-refractivity contribution in [2.45, 2.75) is 25.7 Å². The first-order chi connectivity index (χ1) is 9.94. The Morgan fingerprint density at radius 3 is 2.50 bits per heavy atom. The Bertz CT molecular complexity index is 467. The van der Waals surface area contributed by atoms with Gasteiger partial charge in [0.2, 0.25) is 0 Å². The molecule has 0 aliphatic heterocycles. The first-order valence-corrected chi connectivity index (χ1v) is 6.52. The third-order valence-electron chi connectivity index (χ3n) is 2.69. The number of alkyl halides is 3. The minimum absolute atomic E-state index is 0. The van der Waals surface area contributed by atoms with Gasteiger partial charge >= 0.3 is 6.18 Å². The summed E-state index contributed by atoms with van der Waals surface area (Å²) in [5.74, 6) is 0.344. The molecule has 0 fully saturated rings. The molecule has 1 aromatic rings. The molecule has 0 spiro atoms. The molecule has 0 unspecified atom stereocenters. The van der Waals surface area contributed by atoms with Gasteiger partial charge < -0.3 is 15.4 Å². The fourth-order valence-electron chi connectivity index (χ4n) is 1.73. The van der Waals surface area contributed by atoms with Crippen LogP contribution in [-0.2, 0) is 17.9 Å². The number of aliphatic imine (C=N–C) groups is 1. The molecule has 0 amide bonds. The molecule has 0 saturated heterocycles. The highest BCUT2D eigenvalue weighted by atomic mass is 127. The lowest BCUT2D eigenvalue weighted by molar-refractivity contribution is -0.132. The Hall–Kier alpha value is -1.03. The topological polar surface area (TPSA) is 45.7 Å². The zero-order valence-corrected chi connectivity index (χ0v) is 14.9. The van der Waals surface area contributed by atoms with Crippen molar-refractivity contribution in [3.05, 3.63) is 35.4 Å². The predicted octanol–water partition coefficient (Wildman–Crippen LogP) is 3.07. The average Bonchev–Trinajstić information content (AvgIpc) is 2.42. The van der Waals surface area contributed by atoms with Gasteiger partial charge in [0.15, 0.2) is 5.96 Å². The Kier molecular flexibility index (Phi) is 10.2. The minimum Gasteiger partial charge on any atom is -0.380 e. The van der Waals surface area contributed by atoms with E-state index in [9.17, 15) is 13.2 Å². The van der Waals surface area contributed by atoms with E-state index in [2.05, 4.69) is 15.6 Å². The van der Waals surface area contributed by atoms with Gasteiger partial charge in [-0.05, 0) is 11.1 Å². The Labute approximate surface area is 145 Å². The first-order valence-electron chi connectivity index (χ1n) is 6.52. The van der Waals surface area contributed by atoms with E-state index < -0.39 is 12.6 Å². The van der Waals surface area contributed by atoms with E-state index in [0.717, 1.165) is 11.1 Å². The molecule has 0 aliphatic rings. The van der Waals surface area contributed by atoms with E-state index in [-0.39, 0.29) is 30.5 Å². The maximum absolute atomic E-state index is 12.1. The zero-order chi connectivity index (χ0) is 15.7. The number of guanidine groups is 1. The summed E-state index contributed by atoms with van der Waals surface area (Å²) in [5.41, 5.74) is 2.04. The molecule has 22 heavy (non-hydrogen) atoms. The van der Waals surface area contributed by atoms with E-state index in [1.54, 1.807) is 7.11 Å². The second-order valence-electron chi connectivity index (χ2n) is 4.47.